The standard InChI is InChI=1S/C13H16BrN3/c14-8-4-16-5-9(15)12(8)17-13-10-6-1-2-7(3-6)11(10)13/h4-7,10-11,13H,1-3,15H2,(H,16,17). The first kappa shape index (κ1) is 10.2. The monoisotopic (exact) mass is 293 g/mol. The summed E-state index contributed by atoms with van der Waals surface area (Å²) in [6, 6.07) is 0.669. The predicted octanol–water partition coefficient (Wildman–Crippen LogP) is 2.88. The van der Waals surface area contributed by atoms with Gasteiger partial charge in [-0.3, -0.25) is 4.98 Å². The van der Waals surface area contributed by atoms with E-state index < -0.39 is 0 Å². The molecule has 0 saturated heterocycles. The van der Waals surface area contributed by atoms with E-state index in [1.165, 1.54) is 19.3 Å². The van der Waals surface area contributed by atoms with E-state index in [1.54, 1.807) is 6.20 Å². The molecule has 17 heavy (non-hydrogen) atoms. The van der Waals surface area contributed by atoms with Gasteiger partial charge in [0.1, 0.15) is 0 Å². The number of nitrogens with zero attached hydrogens (tertiary/aromatic N) is 1. The molecule has 0 radical (unpaired) electrons. The maximum Gasteiger partial charge on any atom is 0.0752 e. The average Bonchev–Trinajstić information content (AvgIpc) is 2.70. The Labute approximate surface area is 109 Å². The predicted molar refractivity (Wildman–Crippen MR) is 71.6 cm³/mol. The Balaban J connectivity index is 1.56. The fourth-order valence-electron chi connectivity index (χ4n) is 4.29. The first-order valence-corrected chi connectivity index (χ1v) is 7.20. The second-order valence-electron chi connectivity index (χ2n) is 5.74. The summed E-state index contributed by atoms with van der Waals surface area (Å²) >= 11 is 3.52. The quantitative estimate of drug-likeness (QED) is 0.882. The van der Waals surface area contributed by atoms with Crippen LogP contribution in [0.15, 0.2) is 16.9 Å². The second-order valence-corrected chi connectivity index (χ2v) is 6.60. The van der Waals surface area contributed by atoms with E-state index in [0.717, 1.165) is 39.5 Å². The van der Waals surface area contributed by atoms with Gasteiger partial charge in [-0.2, -0.15) is 0 Å². The second kappa shape index (κ2) is 3.37. The summed E-state index contributed by atoms with van der Waals surface area (Å²) in [6.07, 6.45) is 7.93. The van der Waals surface area contributed by atoms with Gasteiger partial charge in [0.05, 0.1) is 22.0 Å². The van der Waals surface area contributed by atoms with Crippen molar-refractivity contribution in [2.75, 3.05) is 11.1 Å². The Kier molecular flexibility index (Phi) is 2.02. The van der Waals surface area contributed by atoms with Crippen LogP contribution in [0.4, 0.5) is 11.4 Å². The number of aromatic nitrogens is 1. The van der Waals surface area contributed by atoms with Crippen LogP contribution in [0.2, 0.25) is 0 Å². The van der Waals surface area contributed by atoms with Crippen LogP contribution >= 0.6 is 15.9 Å². The van der Waals surface area contributed by atoms with Crippen LogP contribution in [-0.2, 0) is 0 Å². The van der Waals surface area contributed by atoms with E-state index in [1.807, 2.05) is 6.20 Å². The van der Waals surface area contributed by atoms with Gasteiger partial charge in [-0.25, -0.2) is 0 Å². The summed E-state index contributed by atoms with van der Waals surface area (Å²) in [5.41, 5.74) is 7.77. The van der Waals surface area contributed by atoms with Crippen LogP contribution in [0.1, 0.15) is 19.3 Å². The van der Waals surface area contributed by atoms with Crippen LogP contribution in [0.25, 0.3) is 0 Å². The topological polar surface area (TPSA) is 50.9 Å². The average molecular weight is 294 g/mol. The third-order valence-electron chi connectivity index (χ3n) is 4.98. The Morgan fingerprint density at radius 3 is 2.59 bits per heavy atom. The fraction of sp³-hybridized carbons (Fsp3) is 0.615. The molecule has 3 N–H and O–H groups in total. The van der Waals surface area contributed by atoms with E-state index in [2.05, 4.69) is 26.2 Å². The molecule has 1 heterocycles. The van der Waals surface area contributed by atoms with Gasteiger partial charge >= 0.3 is 0 Å². The zero-order valence-corrected chi connectivity index (χ0v) is 11.2. The van der Waals surface area contributed by atoms with Gasteiger partial charge in [-0.15, -0.1) is 0 Å². The zero-order valence-electron chi connectivity index (χ0n) is 9.57. The summed E-state index contributed by atoms with van der Waals surface area (Å²) in [5.74, 6) is 3.83. The first-order chi connectivity index (χ1) is 8.25. The highest BCUT2D eigenvalue weighted by atomic mass is 79.9. The molecule has 1 aromatic rings. The minimum Gasteiger partial charge on any atom is -0.396 e. The lowest BCUT2D eigenvalue weighted by atomic mass is 10.0. The van der Waals surface area contributed by atoms with Crippen molar-refractivity contribution in [3.05, 3.63) is 16.9 Å². The summed E-state index contributed by atoms with van der Waals surface area (Å²) in [7, 11) is 0. The molecule has 90 valence electrons. The minimum absolute atomic E-state index is 0.669. The number of nitrogen functional groups attached to an aromatic ring is 1. The highest BCUT2D eigenvalue weighted by molar-refractivity contribution is 9.10. The lowest BCUT2D eigenvalue weighted by molar-refractivity contribution is 0.456. The van der Waals surface area contributed by atoms with Crippen LogP contribution in [0.5, 0.6) is 0 Å². The maximum absolute atomic E-state index is 5.98. The third kappa shape index (κ3) is 1.36. The highest BCUT2D eigenvalue weighted by Crippen LogP contribution is 2.66. The Bertz CT molecular complexity index is 439. The van der Waals surface area contributed by atoms with E-state index in [-0.39, 0.29) is 0 Å². The molecule has 3 aliphatic rings. The van der Waals surface area contributed by atoms with Gasteiger partial charge in [0, 0.05) is 12.2 Å². The molecule has 0 aliphatic heterocycles. The van der Waals surface area contributed by atoms with Gasteiger partial charge in [0.25, 0.3) is 0 Å². The molecule has 2 bridgehead atoms. The number of anilines is 2. The van der Waals surface area contributed by atoms with E-state index in [4.69, 9.17) is 5.73 Å². The number of nitrogens with two attached hydrogens (primary N) is 1. The Hall–Kier alpha value is -0.770. The van der Waals surface area contributed by atoms with Crippen molar-refractivity contribution in [2.45, 2.75) is 25.3 Å². The summed E-state index contributed by atoms with van der Waals surface area (Å²) in [6.45, 7) is 0. The number of nitrogens with one attached hydrogen (secondary N) is 1. The summed E-state index contributed by atoms with van der Waals surface area (Å²) in [5, 5.41) is 3.64. The van der Waals surface area contributed by atoms with Crippen LogP contribution in [0.3, 0.4) is 0 Å². The molecule has 3 nitrogen and oxygen atoms in total. The van der Waals surface area contributed by atoms with Crippen LogP contribution < -0.4 is 11.1 Å². The molecule has 1 aromatic heterocycles. The Morgan fingerprint density at radius 2 is 1.94 bits per heavy atom. The molecule has 0 aromatic carbocycles. The van der Waals surface area contributed by atoms with Gasteiger partial charge in [-0.05, 0) is 58.9 Å². The van der Waals surface area contributed by atoms with E-state index >= 15 is 0 Å². The minimum atomic E-state index is 0.669. The molecule has 0 amide bonds. The lowest BCUT2D eigenvalue weighted by Crippen LogP contribution is -2.14. The molecular weight excluding hydrogens is 278 g/mol. The molecule has 3 saturated carbocycles. The van der Waals surface area contributed by atoms with Crippen molar-refractivity contribution < 1.29 is 0 Å². The van der Waals surface area contributed by atoms with Crippen molar-refractivity contribution in [2.24, 2.45) is 23.7 Å². The molecule has 3 fully saturated rings. The molecule has 3 aliphatic carbocycles. The molecular formula is C13H16BrN3. The number of hydrogen-bond acceptors (Lipinski definition) is 3. The van der Waals surface area contributed by atoms with Crippen molar-refractivity contribution >= 4 is 27.3 Å². The number of pyridine rings is 1. The lowest BCUT2D eigenvalue weighted by Gasteiger charge is -2.14. The van der Waals surface area contributed by atoms with Crippen molar-refractivity contribution in [1.29, 1.82) is 0 Å². The third-order valence-corrected chi connectivity index (χ3v) is 5.58. The van der Waals surface area contributed by atoms with Gasteiger partial charge in [0.2, 0.25) is 0 Å². The van der Waals surface area contributed by atoms with Crippen LogP contribution in [-0.4, -0.2) is 11.0 Å². The fourth-order valence-corrected chi connectivity index (χ4v) is 4.75. The van der Waals surface area contributed by atoms with Gasteiger partial charge in [-0.1, -0.05) is 0 Å². The smallest absolute Gasteiger partial charge is 0.0752 e. The van der Waals surface area contributed by atoms with Gasteiger partial charge < -0.3 is 11.1 Å². The molecule has 4 rings (SSSR count). The SMILES string of the molecule is Nc1cncc(Br)c1NC1C2C3CCC(C3)C12. The molecule has 4 unspecified atom stereocenters. The molecule has 4 atom stereocenters. The molecule has 0 spiro atoms. The van der Waals surface area contributed by atoms with E-state index in [0.29, 0.717) is 6.04 Å². The van der Waals surface area contributed by atoms with Crippen molar-refractivity contribution in [3.8, 4) is 0 Å². The number of rotatable bonds is 2. The number of halogens is 1. The normalized spacial score (nSPS) is 41.4. The van der Waals surface area contributed by atoms with E-state index in [9.17, 15) is 0 Å². The largest absolute Gasteiger partial charge is 0.396 e. The first-order valence-electron chi connectivity index (χ1n) is 6.41. The van der Waals surface area contributed by atoms with Crippen molar-refractivity contribution in [1.82, 2.24) is 4.98 Å². The summed E-state index contributed by atoms with van der Waals surface area (Å²) in [4.78, 5) is 4.07. The van der Waals surface area contributed by atoms with Gasteiger partial charge in [0.15, 0.2) is 0 Å². The number of fused-ring (bicyclic) bond motifs is 5. The summed E-state index contributed by atoms with van der Waals surface area (Å²) < 4.78 is 0.981. The highest BCUT2D eigenvalue weighted by Gasteiger charge is 2.65. The molecule has 4 heteroatoms. The van der Waals surface area contributed by atoms with Crippen LogP contribution in [0, 0.1) is 23.7 Å². The Morgan fingerprint density at radius 1 is 1.24 bits per heavy atom. The van der Waals surface area contributed by atoms with Crippen molar-refractivity contribution in [3.63, 3.8) is 0 Å². The zero-order chi connectivity index (χ0) is 11.6. The number of hydrogen-bond donors (Lipinski definition) is 2. The maximum atomic E-state index is 5.98.